The molecule has 0 aromatic carbocycles. The number of carbonyl (C=O) groups is 1. The molecule has 2 aromatic heterocycles. The first-order valence-corrected chi connectivity index (χ1v) is 8.17. The van der Waals surface area contributed by atoms with Crippen molar-refractivity contribution in [1.82, 2.24) is 24.8 Å². The van der Waals surface area contributed by atoms with Gasteiger partial charge in [0.05, 0.1) is 6.61 Å². The van der Waals surface area contributed by atoms with E-state index in [0.29, 0.717) is 25.4 Å². The number of nitrogens with zero attached hydrogens (tertiary/aromatic N) is 4. The number of rotatable bonds is 6. The maximum Gasteiger partial charge on any atom is 0.317 e. The van der Waals surface area contributed by atoms with Crippen molar-refractivity contribution in [3.05, 3.63) is 30.2 Å². The van der Waals surface area contributed by atoms with Crippen LogP contribution in [0.2, 0.25) is 0 Å². The van der Waals surface area contributed by atoms with Gasteiger partial charge in [-0.3, -0.25) is 4.40 Å². The van der Waals surface area contributed by atoms with E-state index in [1.807, 2.05) is 40.6 Å². The third kappa shape index (κ3) is 3.79. The summed E-state index contributed by atoms with van der Waals surface area (Å²) < 4.78 is 7.32. The van der Waals surface area contributed by atoms with Crippen LogP contribution >= 0.6 is 0 Å². The topological polar surface area (TPSA) is 71.8 Å². The molecule has 1 unspecified atom stereocenters. The molecular formula is C16H23N5O2. The van der Waals surface area contributed by atoms with Crippen LogP contribution in [0.3, 0.4) is 0 Å². The van der Waals surface area contributed by atoms with Crippen molar-refractivity contribution in [3.63, 3.8) is 0 Å². The highest BCUT2D eigenvalue weighted by Crippen LogP contribution is 2.13. The second-order valence-electron chi connectivity index (χ2n) is 5.80. The molecule has 1 saturated heterocycles. The summed E-state index contributed by atoms with van der Waals surface area (Å²) >= 11 is 0. The number of ether oxygens (including phenoxy) is 1. The first-order valence-electron chi connectivity index (χ1n) is 8.17. The van der Waals surface area contributed by atoms with Gasteiger partial charge in [0, 0.05) is 44.8 Å². The Balaban J connectivity index is 1.49. The van der Waals surface area contributed by atoms with E-state index in [0.717, 1.165) is 37.7 Å². The smallest absolute Gasteiger partial charge is 0.317 e. The minimum Gasteiger partial charge on any atom is -0.381 e. The minimum atomic E-state index is -0.0202. The molecule has 1 N–H and O–H groups in total. The Bertz CT molecular complexity index is 651. The Morgan fingerprint density at radius 2 is 2.39 bits per heavy atom. The molecule has 0 bridgehead atoms. The van der Waals surface area contributed by atoms with Gasteiger partial charge >= 0.3 is 6.03 Å². The van der Waals surface area contributed by atoms with Gasteiger partial charge in [-0.1, -0.05) is 6.07 Å². The second-order valence-corrected chi connectivity index (χ2v) is 5.80. The molecule has 1 atom stereocenters. The van der Waals surface area contributed by atoms with E-state index >= 15 is 0 Å². The zero-order valence-corrected chi connectivity index (χ0v) is 13.4. The molecule has 7 heteroatoms. The van der Waals surface area contributed by atoms with Crippen molar-refractivity contribution in [2.75, 3.05) is 32.8 Å². The highest BCUT2D eigenvalue weighted by Gasteiger charge is 2.21. The SMILES string of the molecule is CCN(CC1CCOC1)C(=O)NCCc1nnc2ccccn12. The third-order valence-electron chi connectivity index (χ3n) is 4.18. The van der Waals surface area contributed by atoms with Gasteiger partial charge in [0.15, 0.2) is 5.65 Å². The zero-order chi connectivity index (χ0) is 16.1. The number of hydrogen-bond donors (Lipinski definition) is 1. The van der Waals surface area contributed by atoms with Gasteiger partial charge in [-0.05, 0) is 25.5 Å². The Kier molecular flexibility index (Phi) is 5.07. The highest BCUT2D eigenvalue weighted by atomic mass is 16.5. The quantitative estimate of drug-likeness (QED) is 0.873. The van der Waals surface area contributed by atoms with Crippen LogP contribution in [0.4, 0.5) is 4.79 Å². The number of fused-ring (bicyclic) bond motifs is 1. The van der Waals surface area contributed by atoms with Crippen LogP contribution in [0.15, 0.2) is 24.4 Å². The van der Waals surface area contributed by atoms with Crippen LogP contribution in [-0.4, -0.2) is 58.4 Å². The monoisotopic (exact) mass is 317 g/mol. The first-order chi connectivity index (χ1) is 11.3. The maximum absolute atomic E-state index is 12.3. The highest BCUT2D eigenvalue weighted by molar-refractivity contribution is 5.74. The summed E-state index contributed by atoms with van der Waals surface area (Å²) in [6.07, 6.45) is 3.63. The summed E-state index contributed by atoms with van der Waals surface area (Å²) in [5.41, 5.74) is 0.824. The Hall–Kier alpha value is -2.15. The third-order valence-corrected chi connectivity index (χ3v) is 4.18. The fourth-order valence-corrected chi connectivity index (χ4v) is 2.85. The van der Waals surface area contributed by atoms with E-state index in [2.05, 4.69) is 15.5 Å². The van der Waals surface area contributed by atoms with Crippen LogP contribution in [0.1, 0.15) is 19.2 Å². The predicted molar refractivity (Wildman–Crippen MR) is 86.3 cm³/mol. The average Bonchev–Trinajstić information content (AvgIpc) is 3.22. The molecule has 3 heterocycles. The standard InChI is InChI=1S/C16H23N5O2/c1-2-20(11-13-7-10-23-12-13)16(22)17-8-6-15-19-18-14-5-3-4-9-21(14)15/h3-5,9,13H,2,6-8,10-12H2,1H3,(H,17,22). The van der Waals surface area contributed by atoms with Crippen molar-refractivity contribution < 1.29 is 9.53 Å². The van der Waals surface area contributed by atoms with E-state index in [-0.39, 0.29) is 6.03 Å². The largest absolute Gasteiger partial charge is 0.381 e. The molecule has 23 heavy (non-hydrogen) atoms. The Morgan fingerprint density at radius 3 is 3.17 bits per heavy atom. The molecule has 124 valence electrons. The molecule has 1 fully saturated rings. The number of pyridine rings is 1. The summed E-state index contributed by atoms with van der Waals surface area (Å²) in [5.74, 6) is 1.31. The first kappa shape index (κ1) is 15.7. The molecule has 7 nitrogen and oxygen atoms in total. The zero-order valence-electron chi connectivity index (χ0n) is 13.4. The van der Waals surface area contributed by atoms with Crippen LogP contribution in [0.25, 0.3) is 5.65 Å². The lowest BCUT2D eigenvalue weighted by atomic mass is 10.1. The summed E-state index contributed by atoms with van der Waals surface area (Å²) in [7, 11) is 0. The summed E-state index contributed by atoms with van der Waals surface area (Å²) in [6.45, 7) is 5.58. The fourth-order valence-electron chi connectivity index (χ4n) is 2.85. The van der Waals surface area contributed by atoms with E-state index in [9.17, 15) is 4.79 Å². The lowest BCUT2D eigenvalue weighted by Gasteiger charge is -2.24. The van der Waals surface area contributed by atoms with Gasteiger partial charge in [-0.25, -0.2) is 4.79 Å². The average molecular weight is 317 g/mol. The number of aromatic nitrogens is 3. The summed E-state index contributed by atoms with van der Waals surface area (Å²) in [6, 6.07) is 5.77. The molecule has 1 aliphatic heterocycles. The normalized spacial score (nSPS) is 17.5. The molecule has 2 amide bonds. The number of amides is 2. The van der Waals surface area contributed by atoms with Gasteiger partial charge in [-0.2, -0.15) is 0 Å². The molecule has 2 aromatic rings. The van der Waals surface area contributed by atoms with Crippen molar-refractivity contribution >= 4 is 11.7 Å². The van der Waals surface area contributed by atoms with Crippen LogP contribution in [-0.2, 0) is 11.2 Å². The molecule has 0 aliphatic carbocycles. The Labute approximate surface area is 135 Å². The summed E-state index contributed by atoms with van der Waals surface area (Å²) in [4.78, 5) is 14.1. The molecule has 0 spiro atoms. The summed E-state index contributed by atoms with van der Waals surface area (Å²) in [5, 5.41) is 11.3. The number of urea groups is 1. The van der Waals surface area contributed by atoms with Crippen molar-refractivity contribution in [2.24, 2.45) is 5.92 Å². The van der Waals surface area contributed by atoms with E-state index in [1.54, 1.807) is 0 Å². The molecule has 3 rings (SSSR count). The van der Waals surface area contributed by atoms with E-state index in [1.165, 1.54) is 0 Å². The van der Waals surface area contributed by atoms with Gasteiger partial charge in [0.1, 0.15) is 5.82 Å². The van der Waals surface area contributed by atoms with Gasteiger partial charge < -0.3 is 15.0 Å². The molecule has 0 saturated carbocycles. The number of hydrogen-bond acceptors (Lipinski definition) is 4. The number of nitrogens with one attached hydrogen (secondary N) is 1. The molecule has 0 radical (unpaired) electrons. The van der Waals surface area contributed by atoms with Gasteiger partial charge in [-0.15, -0.1) is 10.2 Å². The lowest BCUT2D eigenvalue weighted by molar-refractivity contribution is 0.166. The van der Waals surface area contributed by atoms with Crippen LogP contribution in [0, 0.1) is 5.92 Å². The minimum absolute atomic E-state index is 0.0202. The molecule has 1 aliphatic rings. The van der Waals surface area contributed by atoms with E-state index < -0.39 is 0 Å². The van der Waals surface area contributed by atoms with Crippen LogP contribution in [0.5, 0.6) is 0 Å². The Morgan fingerprint density at radius 1 is 1.48 bits per heavy atom. The van der Waals surface area contributed by atoms with Crippen molar-refractivity contribution in [3.8, 4) is 0 Å². The van der Waals surface area contributed by atoms with Gasteiger partial charge in [0.25, 0.3) is 0 Å². The predicted octanol–water partition coefficient (Wildman–Crippen LogP) is 1.34. The van der Waals surface area contributed by atoms with E-state index in [4.69, 9.17) is 4.74 Å². The molecular weight excluding hydrogens is 294 g/mol. The number of carbonyl (C=O) groups excluding carboxylic acids is 1. The van der Waals surface area contributed by atoms with Crippen LogP contribution < -0.4 is 5.32 Å². The fraction of sp³-hybridized carbons (Fsp3) is 0.562. The van der Waals surface area contributed by atoms with Gasteiger partial charge in [0.2, 0.25) is 0 Å². The lowest BCUT2D eigenvalue weighted by Crippen LogP contribution is -2.43. The van der Waals surface area contributed by atoms with Crippen molar-refractivity contribution in [2.45, 2.75) is 19.8 Å². The second kappa shape index (κ2) is 7.41. The maximum atomic E-state index is 12.3. The van der Waals surface area contributed by atoms with Crippen molar-refractivity contribution in [1.29, 1.82) is 0 Å².